The highest BCUT2D eigenvalue weighted by molar-refractivity contribution is 6.74. The average molecular weight is 505 g/mol. The van der Waals surface area contributed by atoms with Gasteiger partial charge < -0.3 is 19.6 Å². The number of nitrogen functional groups attached to an aromatic ring is 1. The smallest absolute Gasteiger partial charge is 0.351 e. The Hall–Kier alpha value is -2.60. The number of nitrogens with zero attached hydrogens (tertiary/aromatic N) is 3. The summed E-state index contributed by atoms with van der Waals surface area (Å²) in [6.07, 6.45) is 2.14. The van der Waals surface area contributed by atoms with Gasteiger partial charge in [-0.2, -0.15) is 4.98 Å². The zero-order valence-corrected chi connectivity index (χ0v) is 22.3. The van der Waals surface area contributed by atoms with Crippen LogP contribution in [0.15, 0.2) is 35.3 Å². The van der Waals surface area contributed by atoms with Crippen LogP contribution in [-0.4, -0.2) is 35.0 Å². The molecule has 0 spiro atoms. The zero-order valence-electron chi connectivity index (χ0n) is 21.3. The average Bonchev–Trinajstić information content (AvgIpc) is 3.16. The standard InChI is InChI=1S/C24H36N4O6Si/c1-7-19-20(34-35(5,6)24(2,3)4)12-21(33-19)27-13-17(22(25)26-23(27)29)15-32-14-16-10-8-9-11-18(16)28(30)31/h8-11,13,19-21H,7,12,14-15H2,1-6H3,(H2,25,26,29)/t19-,20-,21-/m1/s1. The molecule has 1 aromatic carbocycles. The zero-order chi connectivity index (χ0) is 26.0. The van der Waals surface area contributed by atoms with Crippen molar-refractivity contribution in [2.24, 2.45) is 0 Å². The summed E-state index contributed by atoms with van der Waals surface area (Å²) >= 11 is 0. The van der Waals surface area contributed by atoms with Gasteiger partial charge in [-0.25, -0.2) is 4.79 Å². The van der Waals surface area contributed by atoms with Crippen LogP contribution in [-0.2, 0) is 27.1 Å². The first-order valence-corrected chi connectivity index (χ1v) is 14.8. The van der Waals surface area contributed by atoms with Gasteiger partial charge in [-0.05, 0) is 30.6 Å². The molecule has 0 unspecified atom stereocenters. The van der Waals surface area contributed by atoms with E-state index in [9.17, 15) is 14.9 Å². The number of para-hydroxylation sites is 1. The Bertz CT molecular complexity index is 1110. The van der Waals surface area contributed by atoms with Gasteiger partial charge in [0.2, 0.25) is 0 Å². The number of benzene rings is 1. The molecule has 1 aliphatic rings. The van der Waals surface area contributed by atoms with Crippen molar-refractivity contribution in [3.8, 4) is 0 Å². The summed E-state index contributed by atoms with van der Waals surface area (Å²) in [6.45, 7) is 13.1. The maximum Gasteiger partial charge on any atom is 0.351 e. The van der Waals surface area contributed by atoms with Crippen LogP contribution in [0.4, 0.5) is 11.5 Å². The molecule has 10 nitrogen and oxygen atoms in total. The van der Waals surface area contributed by atoms with Gasteiger partial charge in [0.05, 0.1) is 35.9 Å². The van der Waals surface area contributed by atoms with Crippen LogP contribution in [0.3, 0.4) is 0 Å². The van der Waals surface area contributed by atoms with E-state index in [2.05, 4.69) is 38.8 Å². The van der Waals surface area contributed by atoms with Crippen molar-refractivity contribution in [1.29, 1.82) is 0 Å². The van der Waals surface area contributed by atoms with E-state index < -0.39 is 25.2 Å². The number of nitrogens with two attached hydrogens (primary N) is 1. The SMILES string of the molecule is CC[C@H]1O[C@@H](n2cc(COCc3ccccc3[N+](=O)[O-])c(N)nc2=O)C[C@H]1O[Si](C)(C)C(C)(C)C. The first-order valence-electron chi connectivity index (χ1n) is 11.8. The van der Waals surface area contributed by atoms with Crippen LogP contribution >= 0.6 is 0 Å². The highest BCUT2D eigenvalue weighted by atomic mass is 28.4. The lowest BCUT2D eigenvalue weighted by Gasteiger charge is -2.39. The predicted molar refractivity (Wildman–Crippen MR) is 135 cm³/mol. The van der Waals surface area contributed by atoms with Gasteiger partial charge in [-0.3, -0.25) is 14.7 Å². The van der Waals surface area contributed by atoms with Crippen molar-refractivity contribution in [2.45, 2.75) is 90.3 Å². The Balaban J connectivity index is 1.75. The molecule has 1 aromatic heterocycles. The summed E-state index contributed by atoms with van der Waals surface area (Å²) in [4.78, 5) is 27.4. The van der Waals surface area contributed by atoms with Gasteiger partial charge in [0.25, 0.3) is 5.69 Å². The van der Waals surface area contributed by atoms with E-state index in [-0.39, 0.29) is 42.0 Å². The van der Waals surface area contributed by atoms with E-state index in [0.29, 0.717) is 17.5 Å². The molecule has 0 bridgehead atoms. The third kappa shape index (κ3) is 6.15. The Morgan fingerprint density at radius 2 is 1.91 bits per heavy atom. The second-order valence-electron chi connectivity index (χ2n) is 10.4. The van der Waals surface area contributed by atoms with Crippen LogP contribution in [0.5, 0.6) is 0 Å². The van der Waals surface area contributed by atoms with Gasteiger partial charge in [0, 0.05) is 24.2 Å². The number of ether oxygens (including phenoxy) is 2. The molecule has 0 amide bonds. The van der Waals surface area contributed by atoms with Crippen LogP contribution in [0.2, 0.25) is 18.1 Å². The Morgan fingerprint density at radius 1 is 1.26 bits per heavy atom. The highest BCUT2D eigenvalue weighted by Crippen LogP contribution is 2.41. The summed E-state index contributed by atoms with van der Waals surface area (Å²) < 4.78 is 20.0. The maximum atomic E-state index is 12.7. The Kier molecular flexibility index (Phi) is 8.15. The summed E-state index contributed by atoms with van der Waals surface area (Å²) in [7, 11) is -2.03. The van der Waals surface area contributed by atoms with E-state index in [1.54, 1.807) is 24.4 Å². The summed E-state index contributed by atoms with van der Waals surface area (Å²) in [6, 6.07) is 6.39. The molecule has 1 fully saturated rings. The molecule has 2 N–H and O–H groups in total. The maximum absolute atomic E-state index is 12.7. The van der Waals surface area contributed by atoms with Crippen LogP contribution in [0.1, 0.15) is 57.9 Å². The number of anilines is 1. The van der Waals surface area contributed by atoms with Crippen molar-refractivity contribution < 1.29 is 18.8 Å². The normalized spacial score (nSPS) is 20.8. The first kappa shape index (κ1) is 27.0. The molecule has 11 heteroatoms. The number of aromatic nitrogens is 2. The largest absolute Gasteiger partial charge is 0.411 e. The molecule has 1 aliphatic heterocycles. The molecule has 1 saturated heterocycles. The van der Waals surface area contributed by atoms with E-state index in [1.807, 2.05) is 6.92 Å². The van der Waals surface area contributed by atoms with Crippen molar-refractivity contribution in [3.63, 3.8) is 0 Å². The predicted octanol–water partition coefficient (Wildman–Crippen LogP) is 4.54. The van der Waals surface area contributed by atoms with E-state index in [1.165, 1.54) is 10.6 Å². The molecule has 3 rings (SSSR count). The molecule has 0 aliphatic carbocycles. The summed E-state index contributed by atoms with van der Waals surface area (Å²) in [5, 5.41) is 11.3. The quantitative estimate of drug-likeness (QED) is 0.299. The minimum atomic E-state index is -2.03. The van der Waals surface area contributed by atoms with Crippen LogP contribution in [0.25, 0.3) is 0 Å². The van der Waals surface area contributed by atoms with Gasteiger partial charge in [-0.1, -0.05) is 39.8 Å². The number of nitro benzene ring substituents is 1. The van der Waals surface area contributed by atoms with E-state index in [0.717, 1.165) is 6.42 Å². The van der Waals surface area contributed by atoms with Crippen molar-refractivity contribution in [3.05, 3.63) is 62.2 Å². The van der Waals surface area contributed by atoms with Gasteiger partial charge in [-0.15, -0.1) is 0 Å². The molecular weight excluding hydrogens is 468 g/mol. The Labute approximate surface area is 206 Å². The third-order valence-corrected chi connectivity index (χ3v) is 11.4. The molecule has 192 valence electrons. The summed E-state index contributed by atoms with van der Waals surface area (Å²) in [5.41, 5.74) is 6.43. The minimum Gasteiger partial charge on any atom is -0.411 e. The fraction of sp³-hybridized carbons (Fsp3) is 0.583. The second kappa shape index (κ2) is 10.6. The highest BCUT2D eigenvalue weighted by Gasteiger charge is 2.44. The lowest BCUT2D eigenvalue weighted by atomic mass is 10.1. The Morgan fingerprint density at radius 3 is 2.54 bits per heavy atom. The lowest BCUT2D eigenvalue weighted by Crippen LogP contribution is -2.45. The molecule has 3 atom stereocenters. The third-order valence-electron chi connectivity index (χ3n) is 6.91. The van der Waals surface area contributed by atoms with Crippen molar-refractivity contribution in [2.75, 3.05) is 5.73 Å². The van der Waals surface area contributed by atoms with Gasteiger partial charge in [0.15, 0.2) is 8.32 Å². The molecule has 2 aromatic rings. The van der Waals surface area contributed by atoms with E-state index in [4.69, 9.17) is 19.6 Å². The topological polar surface area (TPSA) is 132 Å². The van der Waals surface area contributed by atoms with Crippen molar-refractivity contribution in [1.82, 2.24) is 9.55 Å². The van der Waals surface area contributed by atoms with Crippen LogP contribution in [0, 0.1) is 10.1 Å². The fourth-order valence-electron chi connectivity index (χ4n) is 3.83. The minimum absolute atomic E-state index is 0.0127. The van der Waals surface area contributed by atoms with Crippen LogP contribution < -0.4 is 11.4 Å². The number of nitro groups is 1. The van der Waals surface area contributed by atoms with Crippen molar-refractivity contribution >= 4 is 19.8 Å². The molecular formula is C24H36N4O6Si. The summed E-state index contributed by atoms with van der Waals surface area (Å²) in [5.74, 6) is 0.0629. The molecule has 2 heterocycles. The molecule has 0 saturated carbocycles. The monoisotopic (exact) mass is 504 g/mol. The fourth-order valence-corrected chi connectivity index (χ4v) is 5.19. The second-order valence-corrected chi connectivity index (χ2v) is 15.2. The lowest BCUT2D eigenvalue weighted by molar-refractivity contribution is -0.386. The number of hydrogen-bond donors (Lipinski definition) is 1. The van der Waals surface area contributed by atoms with E-state index >= 15 is 0 Å². The van der Waals surface area contributed by atoms with Gasteiger partial charge >= 0.3 is 5.69 Å². The first-order chi connectivity index (χ1) is 16.3. The number of rotatable bonds is 9. The molecule has 35 heavy (non-hydrogen) atoms. The molecule has 0 radical (unpaired) electrons. The van der Waals surface area contributed by atoms with Gasteiger partial charge in [0.1, 0.15) is 12.0 Å². The number of hydrogen-bond acceptors (Lipinski definition) is 8.